The van der Waals surface area contributed by atoms with Crippen LogP contribution in [0.3, 0.4) is 0 Å². The van der Waals surface area contributed by atoms with E-state index in [1.54, 1.807) is 24.3 Å². The average molecular weight is 317 g/mol. The van der Waals surface area contributed by atoms with Crippen LogP contribution in [0.2, 0.25) is 5.02 Å². The molecule has 0 aliphatic rings. The number of carbonyl (C=O) groups excluding carboxylic acids is 2. The van der Waals surface area contributed by atoms with Gasteiger partial charge < -0.3 is 10.6 Å². The monoisotopic (exact) mass is 316 g/mol. The zero-order valence-electron chi connectivity index (χ0n) is 12.4. The molecule has 114 valence electrons. The Hall–Kier alpha value is -2.33. The molecule has 0 atom stereocenters. The summed E-state index contributed by atoms with van der Waals surface area (Å²) in [5, 5.41) is 5.69. The lowest BCUT2D eigenvalue weighted by atomic mass is 10.1. The van der Waals surface area contributed by atoms with Crippen LogP contribution in [0, 0.1) is 6.92 Å². The van der Waals surface area contributed by atoms with Gasteiger partial charge in [-0.15, -0.1) is 0 Å². The third-order valence-corrected chi connectivity index (χ3v) is 3.69. The van der Waals surface area contributed by atoms with E-state index >= 15 is 0 Å². The van der Waals surface area contributed by atoms with Crippen LogP contribution in [-0.2, 0) is 16.0 Å². The molecule has 2 amide bonds. The lowest BCUT2D eigenvalue weighted by molar-refractivity contribution is -0.133. The number of nitrogens with one attached hydrogen (secondary N) is 2. The Kier molecular flexibility index (Phi) is 5.17. The van der Waals surface area contributed by atoms with Gasteiger partial charge in [-0.05, 0) is 42.7 Å². The number of para-hydroxylation sites is 1. The maximum Gasteiger partial charge on any atom is 0.314 e. The predicted octanol–water partition coefficient (Wildman–Crippen LogP) is 3.79. The lowest BCUT2D eigenvalue weighted by Crippen LogP contribution is -2.29. The summed E-state index contributed by atoms with van der Waals surface area (Å²) in [6.07, 6.45) is 0.769. The minimum Gasteiger partial charge on any atom is -0.318 e. The molecule has 4 nitrogen and oxygen atoms in total. The van der Waals surface area contributed by atoms with Crippen LogP contribution < -0.4 is 10.6 Å². The first-order valence-electron chi connectivity index (χ1n) is 6.97. The fraction of sp³-hybridized carbons (Fsp3) is 0.176. The fourth-order valence-corrected chi connectivity index (χ4v) is 2.17. The summed E-state index contributed by atoms with van der Waals surface area (Å²) in [4.78, 5) is 23.9. The van der Waals surface area contributed by atoms with Crippen molar-refractivity contribution in [1.82, 2.24) is 0 Å². The standard InChI is InChI=1S/C17H17ClN2O2/c1-3-12-6-4-5-7-15(12)20-17(22)16(21)19-13-9-8-11(2)14(18)10-13/h4-10H,3H2,1-2H3,(H,19,21)(H,20,22). The molecule has 0 unspecified atom stereocenters. The quantitative estimate of drug-likeness (QED) is 0.846. The molecule has 0 spiro atoms. The van der Waals surface area contributed by atoms with Gasteiger partial charge in [0.25, 0.3) is 0 Å². The number of anilines is 2. The zero-order valence-corrected chi connectivity index (χ0v) is 13.2. The zero-order chi connectivity index (χ0) is 16.1. The Bertz CT molecular complexity index is 714. The second-order valence-electron chi connectivity index (χ2n) is 4.88. The third-order valence-electron chi connectivity index (χ3n) is 3.28. The number of benzene rings is 2. The van der Waals surface area contributed by atoms with Crippen LogP contribution in [0.25, 0.3) is 0 Å². The van der Waals surface area contributed by atoms with Gasteiger partial charge >= 0.3 is 11.8 Å². The Labute approximate surface area is 134 Å². The van der Waals surface area contributed by atoms with Crippen molar-refractivity contribution in [2.75, 3.05) is 10.6 Å². The van der Waals surface area contributed by atoms with Gasteiger partial charge in [-0.1, -0.05) is 42.8 Å². The van der Waals surface area contributed by atoms with Crippen molar-refractivity contribution in [2.45, 2.75) is 20.3 Å². The highest BCUT2D eigenvalue weighted by molar-refractivity contribution is 6.43. The summed E-state index contributed by atoms with van der Waals surface area (Å²) in [6, 6.07) is 12.5. The van der Waals surface area contributed by atoms with E-state index in [0.29, 0.717) is 16.4 Å². The molecule has 0 aliphatic heterocycles. The van der Waals surface area contributed by atoms with Gasteiger partial charge in [0.05, 0.1) is 0 Å². The van der Waals surface area contributed by atoms with Crippen LogP contribution in [0.5, 0.6) is 0 Å². The molecule has 2 N–H and O–H groups in total. The lowest BCUT2D eigenvalue weighted by Gasteiger charge is -2.10. The Morgan fingerprint density at radius 1 is 1.05 bits per heavy atom. The molecular weight excluding hydrogens is 300 g/mol. The van der Waals surface area contributed by atoms with Crippen LogP contribution in [0.1, 0.15) is 18.1 Å². The van der Waals surface area contributed by atoms with Crippen molar-refractivity contribution in [2.24, 2.45) is 0 Å². The number of halogens is 1. The smallest absolute Gasteiger partial charge is 0.314 e. The molecule has 0 saturated heterocycles. The molecule has 0 fully saturated rings. The van der Waals surface area contributed by atoms with E-state index in [9.17, 15) is 9.59 Å². The number of rotatable bonds is 3. The van der Waals surface area contributed by atoms with E-state index in [-0.39, 0.29) is 0 Å². The van der Waals surface area contributed by atoms with E-state index in [1.807, 2.05) is 32.0 Å². The van der Waals surface area contributed by atoms with Crippen molar-refractivity contribution < 1.29 is 9.59 Å². The van der Waals surface area contributed by atoms with Crippen molar-refractivity contribution in [3.05, 3.63) is 58.6 Å². The molecule has 0 heterocycles. The number of hydrogen-bond acceptors (Lipinski definition) is 2. The minimum atomic E-state index is -0.731. The van der Waals surface area contributed by atoms with Gasteiger partial charge in [0.15, 0.2) is 0 Å². The van der Waals surface area contributed by atoms with Gasteiger partial charge in [0.1, 0.15) is 0 Å². The predicted molar refractivity (Wildman–Crippen MR) is 89.3 cm³/mol. The molecule has 2 aromatic rings. The summed E-state index contributed by atoms with van der Waals surface area (Å²) in [5.41, 5.74) is 3.01. The Morgan fingerprint density at radius 3 is 2.41 bits per heavy atom. The van der Waals surface area contributed by atoms with Gasteiger partial charge in [0, 0.05) is 16.4 Å². The normalized spacial score (nSPS) is 10.1. The van der Waals surface area contributed by atoms with E-state index in [1.165, 1.54) is 0 Å². The first-order valence-corrected chi connectivity index (χ1v) is 7.35. The first kappa shape index (κ1) is 16.0. The molecule has 5 heteroatoms. The van der Waals surface area contributed by atoms with Crippen molar-refractivity contribution >= 4 is 34.8 Å². The number of amides is 2. The first-order chi connectivity index (χ1) is 10.5. The van der Waals surface area contributed by atoms with Gasteiger partial charge in [-0.25, -0.2) is 0 Å². The maximum absolute atomic E-state index is 12.0. The van der Waals surface area contributed by atoms with E-state index in [2.05, 4.69) is 10.6 Å². The van der Waals surface area contributed by atoms with E-state index < -0.39 is 11.8 Å². The summed E-state index contributed by atoms with van der Waals surface area (Å²) < 4.78 is 0. The highest BCUT2D eigenvalue weighted by atomic mass is 35.5. The topological polar surface area (TPSA) is 58.2 Å². The fourth-order valence-electron chi connectivity index (χ4n) is 1.99. The summed E-state index contributed by atoms with van der Waals surface area (Å²) in [7, 11) is 0. The minimum absolute atomic E-state index is 0.486. The van der Waals surface area contributed by atoms with Crippen molar-refractivity contribution in [3.8, 4) is 0 Å². The van der Waals surface area contributed by atoms with Gasteiger partial charge in [0.2, 0.25) is 0 Å². The molecule has 2 rings (SSSR count). The SMILES string of the molecule is CCc1ccccc1NC(=O)C(=O)Nc1ccc(C)c(Cl)c1. The molecule has 0 aromatic heterocycles. The largest absolute Gasteiger partial charge is 0.318 e. The molecule has 2 aromatic carbocycles. The second kappa shape index (κ2) is 7.09. The van der Waals surface area contributed by atoms with E-state index in [0.717, 1.165) is 17.5 Å². The highest BCUT2D eigenvalue weighted by Crippen LogP contribution is 2.20. The maximum atomic E-state index is 12.0. The third kappa shape index (κ3) is 3.86. The highest BCUT2D eigenvalue weighted by Gasteiger charge is 2.15. The van der Waals surface area contributed by atoms with Gasteiger partial charge in [-0.3, -0.25) is 9.59 Å². The summed E-state index contributed by atoms with van der Waals surface area (Å²) in [5.74, 6) is -1.44. The van der Waals surface area contributed by atoms with Crippen molar-refractivity contribution in [3.63, 3.8) is 0 Å². The Morgan fingerprint density at radius 2 is 1.73 bits per heavy atom. The van der Waals surface area contributed by atoms with E-state index in [4.69, 9.17) is 11.6 Å². The number of carbonyl (C=O) groups is 2. The Balaban J connectivity index is 2.06. The molecule has 0 aliphatic carbocycles. The molecule has 0 saturated carbocycles. The van der Waals surface area contributed by atoms with Crippen LogP contribution >= 0.6 is 11.6 Å². The molecule has 0 radical (unpaired) electrons. The summed E-state index contributed by atoms with van der Waals surface area (Å²) >= 11 is 5.99. The molecule has 0 bridgehead atoms. The van der Waals surface area contributed by atoms with Crippen LogP contribution in [0.4, 0.5) is 11.4 Å². The van der Waals surface area contributed by atoms with Crippen LogP contribution in [-0.4, -0.2) is 11.8 Å². The number of aryl methyl sites for hydroxylation is 2. The van der Waals surface area contributed by atoms with Crippen LogP contribution in [0.15, 0.2) is 42.5 Å². The average Bonchev–Trinajstić information content (AvgIpc) is 2.51. The van der Waals surface area contributed by atoms with Crippen molar-refractivity contribution in [1.29, 1.82) is 0 Å². The van der Waals surface area contributed by atoms with Gasteiger partial charge in [-0.2, -0.15) is 0 Å². The molecule has 22 heavy (non-hydrogen) atoms. The number of hydrogen-bond donors (Lipinski definition) is 2. The summed E-state index contributed by atoms with van der Waals surface area (Å²) in [6.45, 7) is 3.85. The molecular formula is C17H17ClN2O2. The second-order valence-corrected chi connectivity index (χ2v) is 5.29.